The Bertz CT molecular complexity index is 718. The van der Waals surface area contributed by atoms with E-state index in [2.05, 4.69) is 20.9 Å². The second kappa shape index (κ2) is 15.0. The number of nitrogens with zero attached hydrogens (tertiary/aromatic N) is 2. The molecule has 3 N–H and O–H groups in total. The molecule has 0 aliphatic heterocycles. The lowest BCUT2D eigenvalue weighted by molar-refractivity contribution is -0.121. The Balaban J connectivity index is 0.00000480. The zero-order valence-electron chi connectivity index (χ0n) is 19.1. The van der Waals surface area contributed by atoms with Crippen LogP contribution in [0.5, 0.6) is 0 Å². The number of carbonyl (C=O) groups excluding carboxylic acids is 2. The molecule has 0 radical (unpaired) electrons. The Hall–Kier alpha value is -1.84. The van der Waals surface area contributed by atoms with Crippen LogP contribution in [0.1, 0.15) is 61.4 Å². The molecule has 0 aromatic heterocycles. The van der Waals surface area contributed by atoms with Gasteiger partial charge in [0, 0.05) is 45.2 Å². The number of carbonyl (C=O) groups is 2. The van der Waals surface area contributed by atoms with Gasteiger partial charge in [0.25, 0.3) is 5.91 Å². The van der Waals surface area contributed by atoms with Crippen LogP contribution in [0.4, 0.5) is 0 Å². The third-order valence-corrected chi connectivity index (χ3v) is 5.21. The van der Waals surface area contributed by atoms with Gasteiger partial charge >= 0.3 is 0 Å². The summed E-state index contributed by atoms with van der Waals surface area (Å²) in [5, 5.41) is 9.65. The first-order chi connectivity index (χ1) is 14.5. The van der Waals surface area contributed by atoms with Crippen LogP contribution in [0.15, 0.2) is 29.3 Å². The van der Waals surface area contributed by atoms with Gasteiger partial charge in [-0.25, -0.2) is 0 Å². The zero-order chi connectivity index (χ0) is 21.8. The van der Waals surface area contributed by atoms with E-state index in [4.69, 9.17) is 0 Å². The first kappa shape index (κ1) is 27.2. The smallest absolute Gasteiger partial charge is 0.253 e. The van der Waals surface area contributed by atoms with Gasteiger partial charge in [-0.05, 0) is 43.9 Å². The van der Waals surface area contributed by atoms with Gasteiger partial charge in [0.1, 0.15) is 0 Å². The molecule has 2 rings (SSSR count). The third kappa shape index (κ3) is 10.3. The maximum absolute atomic E-state index is 12.1. The number of aliphatic imine (C=N–C) groups is 1. The molecule has 1 aromatic rings. The van der Waals surface area contributed by atoms with Crippen molar-refractivity contribution in [2.75, 3.05) is 33.7 Å². The summed E-state index contributed by atoms with van der Waals surface area (Å²) in [6.07, 6.45) is 7.09. The molecule has 0 bridgehead atoms. The normalized spacial score (nSPS) is 14.4. The molecule has 1 aromatic carbocycles. The van der Waals surface area contributed by atoms with Gasteiger partial charge in [-0.2, -0.15) is 0 Å². The molecule has 0 heterocycles. The number of nitrogens with one attached hydrogen (secondary N) is 3. The van der Waals surface area contributed by atoms with Gasteiger partial charge in [0.2, 0.25) is 5.91 Å². The predicted octanol–water partition coefficient (Wildman–Crippen LogP) is 2.94. The van der Waals surface area contributed by atoms with E-state index in [0.717, 1.165) is 31.4 Å². The molecule has 1 aliphatic rings. The molecule has 0 unspecified atom stereocenters. The fourth-order valence-corrected chi connectivity index (χ4v) is 3.60. The van der Waals surface area contributed by atoms with Crippen LogP contribution in [0.25, 0.3) is 0 Å². The summed E-state index contributed by atoms with van der Waals surface area (Å²) in [6.45, 7) is 3.93. The summed E-state index contributed by atoms with van der Waals surface area (Å²) in [4.78, 5) is 30.3. The van der Waals surface area contributed by atoms with Crippen molar-refractivity contribution < 1.29 is 9.59 Å². The molecule has 1 fully saturated rings. The maximum atomic E-state index is 12.1. The third-order valence-electron chi connectivity index (χ3n) is 5.21. The number of hydrogen-bond acceptors (Lipinski definition) is 3. The van der Waals surface area contributed by atoms with Gasteiger partial charge in [0.15, 0.2) is 5.96 Å². The number of amides is 2. The first-order valence-corrected chi connectivity index (χ1v) is 11.1. The van der Waals surface area contributed by atoms with Crippen molar-refractivity contribution in [2.24, 2.45) is 4.99 Å². The van der Waals surface area contributed by atoms with Crippen molar-refractivity contribution in [1.82, 2.24) is 20.9 Å². The van der Waals surface area contributed by atoms with Gasteiger partial charge in [-0.15, -0.1) is 24.0 Å². The predicted molar refractivity (Wildman–Crippen MR) is 137 cm³/mol. The Morgan fingerprint density at radius 1 is 1.13 bits per heavy atom. The summed E-state index contributed by atoms with van der Waals surface area (Å²) in [7, 11) is 3.51. The minimum atomic E-state index is 0. The van der Waals surface area contributed by atoms with Crippen molar-refractivity contribution >= 4 is 41.8 Å². The molecule has 2 amide bonds. The van der Waals surface area contributed by atoms with Crippen LogP contribution in [-0.4, -0.2) is 62.4 Å². The Kier molecular flexibility index (Phi) is 13.2. The van der Waals surface area contributed by atoms with Crippen LogP contribution >= 0.6 is 24.0 Å². The highest BCUT2D eigenvalue weighted by atomic mass is 127. The Morgan fingerprint density at radius 3 is 2.55 bits per heavy atom. The first-order valence-electron chi connectivity index (χ1n) is 11.1. The average molecular weight is 543 g/mol. The summed E-state index contributed by atoms with van der Waals surface area (Å²) >= 11 is 0. The van der Waals surface area contributed by atoms with Gasteiger partial charge < -0.3 is 20.9 Å². The van der Waals surface area contributed by atoms with E-state index in [1.54, 1.807) is 19.0 Å². The van der Waals surface area contributed by atoms with E-state index < -0.39 is 0 Å². The summed E-state index contributed by atoms with van der Waals surface area (Å²) < 4.78 is 0. The van der Waals surface area contributed by atoms with Crippen molar-refractivity contribution in [3.05, 3.63) is 35.4 Å². The quantitative estimate of drug-likeness (QED) is 0.254. The molecule has 7 nitrogen and oxygen atoms in total. The van der Waals surface area contributed by atoms with E-state index >= 15 is 0 Å². The lowest BCUT2D eigenvalue weighted by atomic mass is 9.95. The number of guanidine groups is 1. The van der Waals surface area contributed by atoms with Gasteiger partial charge in [-0.3, -0.25) is 14.6 Å². The lowest BCUT2D eigenvalue weighted by Crippen LogP contribution is -2.39. The van der Waals surface area contributed by atoms with Crippen LogP contribution in [0, 0.1) is 0 Å². The fraction of sp³-hybridized carbons (Fsp3) is 0.609. The lowest BCUT2D eigenvalue weighted by Gasteiger charge is -2.22. The van der Waals surface area contributed by atoms with E-state index in [1.165, 1.54) is 19.3 Å². The second-order valence-electron chi connectivity index (χ2n) is 7.99. The molecule has 0 saturated heterocycles. The highest BCUT2D eigenvalue weighted by molar-refractivity contribution is 14.0. The van der Waals surface area contributed by atoms with Crippen molar-refractivity contribution in [2.45, 2.75) is 57.9 Å². The largest absolute Gasteiger partial charge is 0.357 e. The monoisotopic (exact) mass is 543 g/mol. The zero-order valence-corrected chi connectivity index (χ0v) is 21.4. The number of halogens is 1. The summed E-state index contributed by atoms with van der Waals surface area (Å²) in [6, 6.07) is 8.05. The van der Waals surface area contributed by atoms with Gasteiger partial charge in [0.05, 0.1) is 6.54 Å². The molecular weight excluding hydrogens is 505 g/mol. The molecule has 1 saturated carbocycles. The molecule has 174 valence electrons. The summed E-state index contributed by atoms with van der Waals surface area (Å²) in [5.41, 5.74) is 1.79. The average Bonchev–Trinajstić information content (AvgIpc) is 2.74. The van der Waals surface area contributed by atoms with Crippen molar-refractivity contribution in [3.8, 4) is 0 Å². The Morgan fingerprint density at radius 2 is 1.87 bits per heavy atom. The van der Waals surface area contributed by atoms with Crippen molar-refractivity contribution in [1.29, 1.82) is 0 Å². The number of hydrogen-bond donors (Lipinski definition) is 3. The van der Waals surface area contributed by atoms with E-state index in [9.17, 15) is 9.59 Å². The second-order valence-corrected chi connectivity index (χ2v) is 7.99. The van der Waals surface area contributed by atoms with Crippen LogP contribution in [-0.2, 0) is 11.2 Å². The van der Waals surface area contributed by atoms with E-state index in [1.807, 2.05) is 31.2 Å². The molecule has 1 aliphatic carbocycles. The van der Waals surface area contributed by atoms with Gasteiger partial charge in [-0.1, -0.05) is 31.4 Å². The minimum absolute atomic E-state index is 0. The number of benzene rings is 1. The molecule has 0 atom stereocenters. The minimum Gasteiger partial charge on any atom is -0.357 e. The molecule has 8 heteroatoms. The highest BCUT2D eigenvalue weighted by Crippen LogP contribution is 2.17. The van der Waals surface area contributed by atoms with Crippen LogP contribution in [0.2, 0.25) is 0 Å². The highest BCUT2D eigenvalue weighted by Gasteiger charge is 2.15. The topological polar surface area (TPSA) is 85.8 Å². The standard InChI is InChI=1S/C23H37N5O2.HI/c1-4-24-23(26-16-14-21(29)27-20-11-6-5-7-12-20)25-15-13-18-9-8-10-19(17-18)22(30)28(2)3;/h8-10,17,20H,4-7,11-16H2,1-3H3,(H,27,29)(H2,24,25,26);1H. The number of rotatable bonds is 9. The van der Waals surface area contributed by atoms with Crippen LogP contribution in [0.3, 0.4) is 0 Å². The molecular formula is C23H38IN5O2. The molecule has 0 spiro atoms. The fourth-order valence-electron chi connectivity index (χ4n) is 3.60. The van der Waals surface area contributed by atoms with Crippen LogP contribution < -0.4 is 16.0 Å². The summed E-state index contributed by atoms with van der Waals surface area (Å²) in [5.74, 6) is 0.804. The van der Waals surface area contributed by atoms with Crippen molar-refractivity contribution in [3.63, 3.8) is 0 Å². The SMILES string of the molecule is CCNC(=NCCC(=O)NC1CCCCC1)NCCc1cccc(C(=O)N(C)C)c1.I. The van der Waals surface area contributed by atoms with E-state index in [0.29, 0.717) is 37.1 Å². The Labute approximate surface area is 203 Å². The van der Waals surface area contributed by atoms with E-state index in [-0.39, 0.29) is 35.8 Å². The maximum Gasteiger partial charge on any atom is 0.253 e. The molecule has 31 heavy (non-hydrogen) atoms.